The van der Waals surface area contributed by atoms with E-state index in [2.05, 4.69) is 10.2 Å². The van der Waals surface area contributed by atoms with Gasteiger partial charge in [-0.15, -0.1) is 0 Å². The van der Waals surface area contributed by atoms with E-state index in [1.54, 1.807) is 26.4 Å². The lowest BCUT2D eigenvalue weighted by Crippen LogP contribution is -2.16. The van der Waals surface area contributed by atoms with E-state index in [4.69, 9.17) is 36.3 Å². The molecule has 0 atom stereocenters. The number of benzene rings is 3. The van der Waals surface area contributed by atoms with Gasteiger partial charge in [0.1, 0.15) is 11.6 Å². The Morgan fingerprint density at radius 1 is 1.00 bits per heavy atom. The maximum Gasteiger partial charge on any atom is 0.162 e. The van der Waals surface area contributed by atoms with Crippen LogP contribution in [-0.4, -0.2) is 62.5 Å². The van der Waals surface area contributed by atoms with E-state index in [0.717, 1.165) is 35.3 Å². The van der Waals surface area contributed by atoms with Crippen LogP contribution >= 0.6 is 0 Å². The van der Waals surface area contributed by atoms with Crippen LogP contribution in [0.3, 0.4) is 0 Å². The molecule has 4 rings (SSSR count). The summed E-state index contributed by atoms with van der Waals surface area (Å²) in [6.07, 6.45) is 1.22. The summed E-state index contributed by atoms with van der Waals surface area (Å²) < 4.78 is 10.2. The Kier molecular flexibility index (Phi) is 9.15. The van der Waals surface area contributed by atoms with Gasteiger partial charge in [-0.2, -0.15) is 0 Å². The molecule has 6 N–H and O–H groups in total. The molecule has 0 bridgehead atoms. The summed E-state index contributed by atoms with van der Waals surface area (Å²) in [5.41, 5.74) is 16.0. The minimum atomic E-state index is 0.545. The molecule has 0 spiro atoms. The molecule has 9 heteroatoms. The summed E-state index contributed by atoms with van der Waals surface area (Å²) in [4.78, 5) is 11.5. The number of nitrogens with one attached hydrogen (secondary N) is 2. The number of methoxy groups -OCH3 is 2. The number of hydrogen-bond acceptors (Lipinski definition) is 9. The first-order valence-corrected chi connectivity index (χ1v) is 11.4. The number of nitrogens with zero attached hydrogens (tertiary/aromatic N) is 3. The largest absolute Gasteiger partial charge is 0.497 e. The number of hydrogen-bond donors (Lipinski definition) is 4. The highest BCUT2D eigenvalue weighted by Gasteiger charge is 2.12. The minimum Gasteiger partial charge on any atom is -0.497 e. The zero-order valence-corrected chi connectivity index (χ0v) is 21.1. The molecule has 0 saturated heterocycles. The molecule has 0 aliphatic rings. The number of fused-ring (bicyclic) bond motifs is 1. The smallest absolute Gasteiger partial charge is 0.162 e. The van der Waals surface area contributed by atoms with Crippen LogP contribution in [0.1, 0.15) is 5.56 Å². The third-order valence-electron chi connectivity index (χ3n) is 5.30. The third kappa shape index (κ3) is 6.91. The first kappa shape index (κ1) is 26.4. The zero-order valence-electron chi connectivity index (χ0n) is 21.1. The van der Waals surface area contributed by atoms with Gasteiger partial charge in [0.15, 0.2) is 5.82 Å². The van der Waals surface area contributed by atoms with Gasteiger partial charge in [-0.05, 0) is 56.6 Å². The highest BCUT2D eigenvalue weighted by molar-refractivity contribution is 5.94. The molecule has 0 aliphatic carbocycles. The van der Waals surface area contributed by atoms with Crippen LogP contribution in [0.15, 0.2) is 60.7 Å². The highest BCUT2D eigenvalue weighted by Crippen LogP contribution is 2.30. The Hall–Kier alpha value is -4.21. The first-order chi connectivity index (χ1) is 17.3. The molecule has 4 aromatic rings. The second kappa shape index (κ2) is 12.5. The first-order valence-electron chi connectivity index (χ1n) is 11.4. The highest BCUT2D eigenvalue weighted by atomic mass is 16.5. The fraction of sp³-hybridized carbons (Fsp3) is 0.222. The third-order valence-corrected chi connectivity index (χ3v) is 5.30. The molecule has 1 aromatic heterocycles. The van der Waals surface area contributed by atoms with Gasteiger partial charge in [-0.1, -0.05) is 12.1 Å². The van der Waals surface area contributed by atoms with E-state index in [9.17, 15) is 0 Å². The lowest BCUT2D eigenvalue weighted by Gasteiger charge is -2.13. The Morgan fingerprint density at radius 3 is 2.44 bits per heavy atom. The SMILES string of the molecule is COCCN(C)C.COc1ccc2c(Nc3ccc(N)c(C=N)c3)nc(-c3cccc(N)c3)nc2c1. The number of nitrogen functional groups attached to an aromatic ring is 2. The van der Waals surface area contributed by atoms with Gasteiger partial charge < -0.3 is 36.6 Å². The van der Waals surface area contributed by atoms with Crippen LogP contribution < -0.4 is 21.5 Å². The van der Waals surface area contributed by atoms with Gasteiger partial charge in [-0.3, -0.25) is 0 Å². The Morgan fingerprint density at radius 2 is 1.81 bits per heavy atom. The molecule has 188 valence electrons. The van der Waals surface area contributed by atoms with Crippen LogP contribution in [0.4, 0.5) is 22.9 Å². The summed E-state index contributed by atoms with van der Waals surface area (Å²) in [6, 6.07) is 18.5. The van der Waals surface area contributed by atoms with Crippen molar-refractivity contribution in [2.75, 3.05) is 58.3 Å². The summed E-state index contributed by atoms with van der Waals surface area (Å²) in [5, 5.41) is 11.7. The molecule has 0 unspecified atom stereocenters. The van der Waals surface area contributed by atoms with E-state index in [0.29, 0.717) is 34.3 Å². The minimum absolute atomic E-state index is 0.545. The molecular weight excluding hydrogens is 454 g/mol. The molecule has 0 fully saturated rings. The van der Waals surface area contributed by atoms with E-state index in [1.165, 1.54) is 6.21 Å². The van der Waals surface area contributed by atoms with Crippen LogP contribution in [0.25, 0.3) is 22.3 Å². The molecule has 9 nitrogen and oxygen atoms in total. The lowest BCUT2D eigenvalue weighted by molar-refractivity contribution is 0.172. The topological polar surface area (TPSA) is 135 Å². The summed E-state index contributed by atoms with van der Waals surface area (Å²) >= 11 is 0. The summed E-state index contributed by atoms with van der Waals surface area (Å²) in [5.74, 6) is 1.89. The van der Waals surface area contributed by atoms with Crippen molar-refractivity contribution in [1.82, 2.24) is 14.9 Å². The number of ether oxygens (including phenoxy) is 2. The van der Waals surface area contributed by atoms with Gasteiger partial charge in [0.25, 0.3) is 0 Å². The van der Waals surface area contributed by atoms with Crippen molar-refractivity contribution in [3.8, 4) is 17.1 Å². The second-order valence-electron chi connectivity index (χ2n) is 8.31. The average molecular weight is 488 g/mol. The second-order valence-corrected chi connectivity index (χ2v) is 8.31. The number of likely N-dealkylation sites (N-methyl/N-ethyl adjacent to an activating group) is 1. The van der Waals surface area contributed by atoms with Gasteiger partial charge in [-0.25, -0.2) is 9.97 Å². The molecule has 0 saturated carbocycles. The van der Waals surface area contributed by atoms with Gasteiger partial charge >= 0.3 is 0 Å². The number of anilines is 4. The number of nitrogens with two attached hydrogens (primary N) is 2. The molecule has 36 heavy (non-hydrogen) atoms. The van der Waals surface area contributed by atoms with Crippen molar-refractivity contribution < 1.29 is 9.47 Å². The number of aromatic nitrogens is 2. The Balaban J connectivity index is 0.000000454. The van der Waals surface area contributed by atoms with Crippen molar-refractivity contribution in [2.45, 2.75) is 0 Å². The number of rotatable bonds is 8. The lowest BCUT2D eigenvalue weighted by atomic mass is 10.1. The average Bonchev–Trinajstić information content (AvgIpc) is 2.88. The van der Waals surface area contributed by atoms with Crippen molar-refractivity contribution in [3.05, 3.63) is 66.2 Å². The molecule has 0 amide bonds. The standard InChI is InChI=1S/C22H20N6O.C5H13NO/c1-29-17-6-7-18-20(11-17)27-21(13-3-2-4-15(24)9-13)28-22(18)26-16-5-8-19(25)14(10-16)12-23;1-6(2)4-5-7-3/h2-12,23H,24-25H2,1H3,(H,26,27,28);4-5H2,1-3H3. The molecular formula is C27H33N7O2. The molecule has 1 heterocycles. The Labute approximate surface area is 211 Å². The van der Waals surface area contributed by atoms with Gasteiger partial charge in [0.2, 0.25) is 0 Å². The van der Waals surface area contributed by atoms with E-state index in [-0.39, 0.29) is 0 Å². The summed E-state index contributed by atoms with van der Waals surface area (Å²) in [6.45, 7) is 1.84. The summed E-state index contributed by atoms with van der Waals surface area (Å²) in [7, 11) is 7.38. The van der Waals surface area contributed by atoms with Crippen LogP contribution in [0.5, 0.6) is 5.75 Å². The monoisotopic (exact) mass is 487 g/mol. The predicted molar refractivity (Wildman–Crippen MR) is 148 cm³/mol. The van der Waals surface area contributed by atoms with Gasteiger partial charge in [0, 0.05) is 59.5 Å². The van der Waals surface area contributed by atoms with E-state index >= 15 is 0 Å². The predicted octanol–water partition coefficient (Wildman–Crippen LogP) is 4.41. The normalized spacial score (nSPS) is 10.6. The van der Waals surface area contributed by atoms with Crippen LogP contribution in [0.2, 0.25) is 0 Å². The maximum atomic E-state index is 7.52. The zero-order chi connectivity index (χ0) is 26.1. The van der Waals surface area contributed by atoms with Crippen LogP contribution in [0, 0.1) is 5.41 Å². The molecule has 0 radical (unpaired) electrons. The fourth-order valence-electron chi connectivity index (χ4n) is 3.33. The van der Waals surface area contributed by atoms with Crippen molar-refractivity contribution in [2.24, 2.45) is 0 Å². The van der Waals surface area contributed by atoms with E-state index in [1.807, 2.05) is 62.6 Å². The Bertz CT molecular complexity index is 1330. The molecule has 0 aliphatic heterocycles. The maximum absolute atomic E-state index is 7.52. The quantitative estimate of drug-likeness (QED) is 0.212. The van der Waals surface area contributed by atoms with Crippen LogP contribution in [-0.2, 0) is 4.74 Å². The van der Waals surface area contributed by atoms with Gasteiger partial charge in [0.05, 0.1) is 19.2 Å². The van der Waals surface area contributed by atoms with Crippen molar-refractivity contribution in [3.63, 3.8) is 0 Å². The molecule has 3 aromatic carbocycles. The van der Waals surface area contributed by atoms with E-state index < -0.39 is 0 Å². The van der Waals surface area contributed by atoms with Crippen molar-refractivity contribution >= 4 is 40.0 Å². The van der Waals surface area contributed by atoms with Crippen molar-refractivity contribution in [1.29, 1.82) is 5.41 Å². The fourth-order valence-corrected chi connectivity index (χ4v) is 3.33.